The molecule has 1 aromatic carbocycles. The van der Waals surface area contributed by atoms with Crippen LogP contribution < -0.4 is 0 Å². The van der Waals surface area contributed by atoms with Gasteiger partial charge in [-0.2, -0.15) is 0 Å². The van der Waals surface area contributed by atoms with Gasteiger partial charge < -0.3 is 9.47 Å². The fourth-order valence-electron chi connectivity index (χ4n) is 2.83. The van der Waals surface area contributed by atoms with Crippen LogP contribution in [0.4, 0.5) is 4.39 Å². The van der Waals surface area contributed by atoms with Gasteiger partial charge in [-0.05, 0) is 25.0 Å². The molecule has 0 unspecified atom stereocenters. The van der Waals surface area contributed by atoms with E-state index in [1.807, 2.05) is 4.90 Å². The third-order valence-corrected chi connectivity index (χ3v) is 4.34. The Morgan fingerprint density at radius 1 is 1.30 bits per heavy atom. The highest BCUT2D eigenvalue weighted by molar-refractivity contribution is 6.30. The zero-order chi connectivity index (χ0) is 17.0. The number of rotatable bonds is 4. The van der Waals surface area contributed by atoms with Gasteiger partial charge in [-0.25, -0.2) is 4.39 Å². The number of benzene rings is 1. The second-order valence-electron chi connectivity index (χ2n) is 5.49. The van der Waals surface area contributed by atoms with E-state index in [-0.39, 0.29) is 18.4 Å². The number of hydrogen-bond acceptors (Lipinski definition) is 5. The van der Waals surface area contributed by atoms with Gasteiger partial charge in [-0.15, -0.1) is 0 Å². The van der Waals surface area contributed by atoms with E-state index in [1.54, 1.807) is 12.1 Å². The average molecular weight is 344 g/mol. The third kappa shape index (κ3) is 4.20. The number of likely N-dealkylation sites (tertiary alicyclic amines) is 1. The van der Waals surface area contributed by atoms with Gasteiger partial charge in [-0.3, -0.25) is 14.5 Å². The zero-order valence-electron chi connectivity index (χ0n) is 13.1. The Balaban J connectivity index is 2.16. The fraction of sp³-hybridized carbons (Fsp3) is 0.500. The van der Waals surface area contributed by atoms with E-state index in [0.29, 0.717) is 30.0 Å². The van der Waals surface area contributed by atoms with Gasteiger partial charge in [0, 0.05) is 23.7 Å². The molecule has 1 heterocycles. The summed E-state index contributed by atoms with van der Waals surface area (Å²) in [5.41, 5.74) is 0.444. The molecule has 1 fully saturated rings. The van der Waals surface area contributed by atoms with Crippen LogP contribution in [0.15, 0.2) is 18.2 Å². The Morgan fingerprint density at radius 3 is 2.61 bits per heavy atom. The molecule has 5 nitrogen and oxygen atoms in total. The van der Waals surface area contributed by atoms with Crippen LogP contribution in [0.3, 0.4) is 0 Å². The summed E-state index contributed by atoms with van der Waals surface area (Å²) in [6, 6.07) is 3.84. The number of methoxy groups -OCH3 is 2. The van der Waals surface area contributed by atoms with Crippen molar-refractivity contribution in [2.75, 3.05) is 20.8 Å². The number of hydrogen-bond donors (Lipinski definition) is 0. The molecule has 1 aliphatic rings. The predicted octanol–water partition coefficient (Wildman–Crippen LogP) is 2.41. The Kier molecular flexibility index (Phi) is 5.96. The van der Waals surface area contributed by atoms with Crippen molar-refractivity contribution in [2.45, 2.75) is 25.4 Å². The van der Waals surface area contributed by atoms with Gasteiger partial charge in [-0.1, -0.05) is 17.7 Å². The molecule has 126 valence electrons. The summed E-state index contributed by atoms with van der Waals surface area (Å²) in [4.78, 5) is 25.6. The highest BCUT2D eigenvalue weighted by Gasteiger charge is 2.37. The molecule has 0 N–H and O–H groups in total. The summed E-state index contributed by atoms with van der Waals surface area (Å²) in [6.07, 6.45) is 0.851. The molecule has 0 saturated carbocycles. The lowest BCUT2D eigenvalue weighted by atomic mass is 9.90. The molecule has 0 aliphatic carbocycles. The summed E-state index contributed by atoms with van der Waals surface area (Å²) in [5, 5.41) is 0.320. The number of nitrogens with zero attached hydrogens (tertiary/aromatic N) is 1. The summed E-state index contributed by atoms with van der Waals surface area (Å²) in [7, 11) is 2.62. The van der Waals surface area contributed by atoms with Gasteiger partial charge in [0.25, 0.3) is 0 Å². The van der Waals surface area contributed by atoms with Crippen LogP contribution in [0.2, 0.25) is 5.02 Å². The lowest BCUT2D eigenvalue weighted by Gasteiger charge is -2.36. The lowest BCUT2D eigenvalue weighted by Crippen LogP contribution is -2.48. The maximum Gasteiger partial charge on any atom is 0.323 e. The smallest absolute Gasteiger partial charge is 0.323 e. The van der Waals surface area contributed by atoms with Crippen molar-refractivity contribution in [3.63, 3.8) is 0 Å². The van der Waals surface area contributed by atoms with Crippen molar-refractivity contribution >= 4 is 23.5 Å². The largest absolute Gasteiger partial charge is 0.469 e. The van der Waals surface area contributed by atoms with Gasteiger partial charge in [0.1, 0.15) is 11.9 Å². The minimum absolute atomic E-state index is 0.247. The maximum absolute atomic E-state index is 14.0. The normalized spacial score (nSPS) is 21.7. The summed E-state index contributed by atoms with van der Waals surface area (Å²) in [6.45, 7) is 0.720. The Morgan fingerprint density at radius 2 is 2.00 bits per heavy atom. The first-order chi connectivity index (χ1) is 11.0. The van der Waals surface area contributed by atoms with Crippen LogP contribution in [0.5, 0.6) is 0 Å². The summed E-state index contributed by atoms with van der Waals surface area (Å²) < 4.78 is 23.5. The quantitative estimate of drug-likeness (QED) is 0.786. The molecule has 1 aliphatic heterocycles. The van der Waals surface area contributed by atoms with Gasteiger partial charge in [0.05, 0.1) is 20.1 Å². The van der Waals surface area contributed by atoms with Crippen molar-refractivity contribution in [1.29, 1.82) is 0 Å². The Bertz CT molecular complexity index is 595. The van der Waals surface area contributed by atoms with E-state index in [2.05, 4.69) is 0 Å². The molecule has 1 saturated heterocycles. The van der Waals surface area contributed by atoms with E-state index in [1.165, 1.54) is 20.3 Å². The number of esters is 2. The topological polar surface area (TPSA) is 55.8 Å². The van der Waals surface area contributed by atoms with Crippen LogP contribution >= 0.6 is 11.6 Å². The monoisotopic (exact) mass is 343 g/mol. The van der Waals surface area contributed by atoms with Crippen LogP contribution in [-0.2, 0) is 25.6 Å². The summed E-state index contributed by atoms with van der Waals surface area (Å²) >= 11 is 5.75. The minimum Gasteiger partial charge on any atom is -0.469 e. The average Bonchev–Trinajstić information content (AvgIpc) is 2.56. The second-order valence-corrected chi connectivity index (χ2v) is 5.93. The van der Waals surface area contributed by atoms with Crippen molar-refractivity contribution in [3.8, 4) is 0 Å². The SMILES string of the molecule is COC(=O)[C@@H]1CCN(Cc2ccc(Cl)cc2F)[C@@H](C(=O)OC)C1. The van der Waals surface area contributed by atoms with Crippen LogP contribution in [0.1, 0.15) is 18.4 Å². The highest BCUT2D eigenvalue weighted by atomic mass is 35.5. The first-order valence-electron chi connectivity index (χ1n) is 7.30. The second kappa shape index (κ2) is 7.75. The number of carbonyl (C=O) groups is 2. The van der Waals surface area contributed by atoms with Crippen LogP contribution in [-0.4, -0.2) is 43.6 Å². The molecule has 1 aromatic rings. The lowest BCUT2D eigenvalue weighted by molar-refractivity contribution is -0.154. The van der Waals surface area contributed by atoms with Crippen molar-refractivity contribution in [3.05, 3.63) is 34.6 Å². The minimum atomic E-state index is -0.604. The molecule has 0 spiro atoms. The van der Waals surface area contributed by atoms with E-state index in [9.17, 15) is 14.0 Å². The number of ether oxygens (including phenoxy) is 2. The number of piperidine rings is 1. The van der Waals surface area contributed by atoms with E-state index in [4.69, 9.17) is 21.1 Å². The number of halogens is 2. The van der Waals surface area contributed by atoms with E-state index < -0.39 is 17.8 Å². The standard InChI is InChI=1S/C16H19ClFNO4/c1-22-15(20)10-5-6-19(14(7-10)16(21)23-2)9-11-3-4-12(17)8-13(11)18/h3-4,8,10,14H,5-7,9H2,1-2H3/t10-,14-/m1/s1. The molecule has 2 rings (SSSR count). The summed E-state index contributed by atoms with van der Waals surface area (Å²) in [5.74, 6) is -1.55. The van der Waals surface area contributed by atoms with Crippen molar-refractivity contribution < 1.29 is 23.5 Å². The van der Waals surface area contributed by atoms with Crippen molar-refractivity contribution in [2.24, 2.45) is 5.92 Å². The molecule has 0 bridgehead atoms. The first kappa shape index (κ1) is 17.7. The van der Waals surface area contributed by atoms with E-state index >= 15 is 0 Å². The van der Waals surface area contributed by atoms with Crippen LogP contribution in [0, 0.1) is 11.7 Å². The molecule has 0 radical (unpaired) electrons. The molecule has 2 atom stereocenters. The number of carbonyl (C=O) groups excluding carboxylic acids is 2. The molecule has 7 heteroatoms. The maximum atomic E-state index is 14.0. The van der Waals surface area contributed by atoms with Gasteiger partial charge in [0.2, 0.25) is 0 Å². The molecular weight excluding hydrogens is 325 g/mol. The Labute approximate surface area is 139 Å². The van der Waals surface area contributed by atoms with Crippen molar-refractivity contribution in [1.82, 2.24) is 4.90 Å². The highest BCUT2D eigenvalue weighted by Crippen LogP contribution is 2.27. The molecule has 0 aromatic heterocycles. The van der Waals surface area contributed by atoms with Crippen LogP contribution in [0.25, 0.3) is 0 Å². The zero-order valence-corrected chi connectivity index (χ0v) is 13.8. The third-order valence-electron chi connectivity index (χ3n) is 4.11. The van der Waals surface area contributed by atoms with Gasteiger partial charge in [0.15, 0.2) is 0 Å². The fourth-order valence-corrected chi connectivity index (χ4v) is 2.99. The first-order valence-corrected chi connectivity index (χ1v) is 7.67. The molecule has 23 heavy (non-hydrogen) atoms. The Hall–Kier alpha value is -1.66. The molecular formula is C16H19ClFNO4. The predicted molar refractivity (Wildman–Crippen MR) is 82.4 cm³/mol. The van der Waals surface area contributed by atoms with Gasteiger partial charge >= 0.3 is 11.9 Å². The van der Waals surface area contributed by atoms with E-state index in [0.717, 1.165) is 0 Å². The molecule has 0 amide bonds.